The second kappa shape index (κ2) is 5.86. The Hall–Kier alpha value is -1.31. The van der Waals surface area contributed by atoms with Crippen molar-refractivity contribution in [1.82, 2.24) is 9.97 Å². The Kier molecular flexibility index (Phi) is 4.01. The van der Waals surface area contributed by atoms with Crippen molar-refractivity contribution < 1.29 is 8.42 Å². The average molecular weight is 378 g/mol. The van der Waals surface area contributed by atoms with E-state index in [0.717, 1.165) is 5.56 Å². The lowest BCUT2D eigenvalue weighted by molar-refractivity contribution is 0.593. The third-order valence-corrected chi connectivity index (χ3v) is 7.87. The predicted molar refractivity (Wildman–Crippen MR) is 98.2 cm³/mol. The van der Waals surface area contributed by atoms with Crippen molar-refractivity contribution in [3.8, 4) is 0 Å². The quantitative estimate of drug-likeness (QED) is 0.879. The number of rotatable bonds is 4. The summed E-state index contributed by atoms with van der Waals surface area (Å²) in [7, 11) is -3.75. The Morgan fingerprint density at radius 3 is 2.44 bits per heavy atom. The van der Waals surface area contributed by atoms with Gasteiger partial charge >= 0.3 is 0 Å². The van der Waals surface area contributed by atoms with E-state index >= 15 is 0 Å². The molecule has 2 aromatic heterocycles. The van der Waals surface area contributed by atoms with Gasteiger partial charge in [-0.2, -0.15) is 0 Å². The van der Waals surface area contributed by atoms with Crippen molar-refractivity contribution in [2.75, 3.05) is 0 Å². The van der Waals surface area contributed by atoms with Gasteiger partial charge in [-0.3, -0.25) is 0 Å². The second-order valence-electron chi connectivity index (χ2n) is 7.83. The molecule has 7 heteroatoms. The first-order valence-corrected chi connectivity index (χ1v) is 11.1. The number of pyridine rings is 1. The lowest BCUT2D eigenvalue weighted by atomic mass is 10.1. The van der Waals surface area contributed by atoms with Gasteiger partial charge in [0.15, 0.2) is 5.03 Å². The highest BCUT2D eigenvalue weighted by molar-refractivity contribution is 7.89. The monoisotopic (exact) mass is 377 g/mol. The summed E-state index contributed by atoms with van der Waals surface area (Å²) in [5.41, 5.74) is 1.16. The van der Waals surface area contributed by atoms with Crippen LogP contribution >= 0.6 is 11.3 Å². The number of hydrogen-bond donors (Lipinski definition) is 1. The molecule has 2 aromatic rings. The van der Waals surface area contributed by atoms with Crippen LogP contribution in [0.4, 0.5) is 0 Å². The molecule has 0 saturated heterocycles. The third kappa shape index (κ3) is 3.02. The Morgan fingerprint density at radius 1 is 1.12 bits per heavy atom. The highest BCUT2D eigenvalue weighted by Gasteiger charge is 2.60. The normalized spacial score (nSPS) is 26.0. The van der Waals surface area contributed by atoms with E-state index in [-0.39, 0.29) is 10.4 Å². The summed E-state index contributed by atoms with van der Waals surface area (Å²) < 4.78 is 22.8. The third-order valence-electron chi connectivity index (χ3n) is 5.80. The second-order valence-corrected chi connectivity index (χ2v) is 10.4. The molecule has 2 heterocycles. The maximum absolute atomic E-state index is 11.4. The van der Waals surface area contributed by atoms with E-state index in [2.05, 4.69) is 25.0 Å². The minimum Gasteiger partial charge on any atom is -0.249 e. The SMILES string of the molecule is CC1(C)[C@@H](c2ccc(S(N)(=O)=O)nc2)[C@@H]1c1ncc(C2CCCC2)s1. The van der Waals surface area contributed by atoms with Crippen LogP contribution in [0.1, 0.15) is 72.7 Å². The number of sulfonamides is 1. The maximum Gasteiger partial charge on any atom is 0.255 e. The summed E-state index contributed by atoms with van der Waals surface area (Å²) in [6.45, 7) is 4.49. The lowest BCUT2D eigenvalue weighted by Gasteiger charge is -2.03. The number of nitrogens with two attached hydrogens (primary N) is 1. The fourth-order valence-electron chi connectivity index (χ4n) is 4.31. The molecule has 2 atom stereocenters. The molecule has 134 valence electrons. The van der Waals surface area contributed by atoms with Gasteiger partial charge in [-0.15, -0.1) is 11.3 Å². The first-order valence-electron chi connectivity index (χ1n) is 8.73. The topological polar surface area (TPSA) is 85.9 Å². The van der Waals surface area contributed by atoms with Gasteiger partial charge in [0.05, 0.1) is 5.01 Å². The molecule has 0 unspecified atom stereocenters. The van der Waals surface area contributed by atoms with Crippen molar-refractivity contribution in [3.05, 3.63) is 40.0 Å². The Bertz CT molecular complexity index is 881. The molecule has 0 spiro atoms. The van der Waals surface area contributed by atoms with Crippen molar-refractivity contribution >= 4 is 21.4 Å². The van der Waals surface area contributed by atoms with Crippen LogP contribution in [0.25, 0.3) is 0 Å². The Morgan fingerprint density at radius 2 is 1.84 bits per heavy atom. The first kappa shape index (κ1) is 17.1. The molecule has 2 N–H and O–H groups in total. The highest BCUT2D eigenvalue weighted by Crippen LogP contribution is 2.70. The first-order chi connectivity index (χ1) is 11.8. The van der Waals surface area contributed by atoms with Crippen LogP contribution in [0.2, 0.25) is 0 Å². The molecule has 4 rings (SSSR count). The van der Waals surface area contributed by atoms with Gasteiger partial charge in [0.25, 0.3) is 10.0 Å². The standard InChI is InChI=1S/C18H23N3O2S2/c1-18(2)15(12-7-8-14(20-9-12)25(19,22)23)16(18)17-21-10-13(24-17)11-5-3-4-6-11/h7-11,15-16H,3-6H2,1-2H3,(H2,19,22,23)/t15-,16+/m0/s1. The van der Waals surface area contributed by atoms with Gasteiger partial charge in [0.1, 0.15) is 0 Å². The molecular formula is C18H23N3O2S2. The largest absolute Gasteiger partial charge is 0.255 e. The zero-order valence-corrected chi connectivity index (χ0v) is 16.1. The van der Waals surface area contributed by atoms with Gasteiger partial charge in [0.2, 0.25) is 0 Å². The van der Waals surface area contributed by atoms with E-state index in [0.29, 0.717) is 17.8 Å². The van der Waals surface area contributed by atoms with Crippen molar-refractivity contribution in [3.63, 3.8) is 0 Å². The van der Waals surface area contributed by atoms with Gasteiger partial charge in [-0.25, -0.2) is 23.5 Å². The molecule has 2 aliphatic carbocycles. The highest BCUT2D eigenvalue weighted by atomic mass is 32.2. The summed E-state index contributed by atoms with van der Waals surface area (Å²) in [4.78, 5) is 10.2. The van der Waals surface area contributed by atoms with Gasteiger partial charge in [-0.05, 0) is 35.8 Å². The molecule has 2 fully saturated rings. The zero-order valence-electron chi connectivity index (χ0n) is 14.5. The molecule has 0 aliphatic heterocycles. The van der Waals surface area contributed by atoms with Crippen LogP contribution < -0.4 is 5.14 Å². The summed E-state index contributed by atoms with van der Waals surface area (Å²) >= 11 is 1.86. The smallest absolute Gasteiger partial charge is 0.249 e. The molecule has 0 aromatic carbocycles. The molecule has 5 nitrogen and oxygen atoms in total. The number of aromatic nitrogens is 2. The Balaban J connectivity index is 1.57. The van der Waals surface area contributed by atoms with E-state index in [1.165, 1.54) is 41.6 Å². The van der Waals surface area contributed by atoms with Gasteiger partial charge in [-0.1, -0.05) is 32.8 Å². The number of thiazole rings is 1. The fourth-order valence-corrected chi connectivity index (χ4v) is 6.19. The predicted octanol–water partition coefficient (Wildman–Crippen LogP) is 3.75. The molecule has 0 radical (unpaired) electrons. The van der Waals surface area contributed by atoms with E-state index in [1.54, 1.807) is 6.20 Å². The molecule has 0 amide bonds. The van der Waals surface area contributed by atoms with Crippen LogP contribution in [-0.4, -0.2) is 18.4 Å². The maximum atomic E-state index is 11.4. The van der Waals surface area contributed by atoms with Crippen LogP contribution in [0.15, 0.2) is 29.6 Å². The van der Waals surface area contributed by atoms with Gasteiger partial charge < -0.3 is 0 Å². The summed E-state index contributed by atoms with van der Waals surface area (Å²) in [5.74, 6) is 1.38. The van der Waals surface area contributed by atoms with Crippen molar-refractivity contribution in [2.45, 2.75) is 62.3 Å². The molecule has 0 bridgehead atoms. The van der Waals surface area contributed by atoms with Crippen LogP contribution in [0.3, 0.4) is 0 Å². The minimum atomic E-state index is -3.75. The van der Waals surface area contributed by atoms with Gasteiger partial charge in [0, 0.05) is 29.1 Å². The van der Waals surface area contributed by atoms with Crippen molar-refractivity contribution in [1.29, 1.82) is 0 Å². The summed E-state index contributed by atoms with van der Waals surface area (Å²) in [5, 5.41) is 6.26. The van der Waals surface area contributed by atoms with E-state index in [4.69, 9.17) is 10.1 Å². The van der Waals surface area contributed by atoms with E-state index in [9.17, 15) is 8.42 Å². The summed E-state index contributed by atoms with van der Waals surface area (Å²) in [6, 6.07) is 3.34. The fraction of sp³-hybridized carbons (Fsp3) is 0.556. The Labute approximate surface area is 152 Å². The minimum absolute atomic E-state index is 0.0796. The van der Waals surface area contributed by atoms with Crippen LogP contribution in [0.5, 0.6) is 0 Å². The molecule has 2 aliphatic rings. The summed E-state index contributed by atoms with van der Waals surface area (Å²) in [6.07, 6.45) is 8.96. The number of primary sulfonamides is 1. The number of hydrogen-bond acceptors (Lipinski definition) is 5. The van der Waals surface area contributed by atoms with E-state index < -0.39 is 10.0 Å². The molecular weight excluding hydrogens is 354 g/mol. The van der Waals surface area contributed by atoms with E-state index in [1.807, 2.05) is 17.4 Å². The van der Waals surface area contributed by atoms with Crippen LogP contribution in [0, 0.1) is 5.41 Å². The lowest BCUT2D eigenvalue weighted by Crippen LogP contribution is -2.13. The average Bonchev–Trinajstić information content (AvgIpc) is 3.03. The van der Waals surface area contributed by atoms with Crippen molar-refractivity contribution in [2.24, 2.45) is 10.6 Å². The van der Waals surface area contributed by atoms with Crippen LogP contribution in [-0.2, 0) is 10.0 Å². The number of nitrogens with zero attached hydrogens (tertiary/aromatic N) is 2. The molecule has 25 heavy (non-hydrogen) atoms. The zero-order chi connectivity index (χ0) is 17.8. The molecule has 2 saturated carbocycles.